The molecule has 0 heterocycles. The Morgan fingerprint density at radius 2 is 1.68 bits per heavy atom. The number of methoxy groups -OCH3 is 1. The second-order valence-electron chi connectivity index (χ2n) is 5.75. The molecule has 0 aliphatic rings. The highest BCUT2D eigenvalue weighted by Crippen LogP contribution is 2.33. The Kier molecular flexibility index (Phi) is 6.35. The lowest BCUT2D eigenvalue weighted by Gasteiger charge is -2.22. The zero-order chi connectivity index (χ0) is 20.9. The molecular formula is C20H18F3N3O2. The van der Waals surface area contributed by atoms with Crippen molar-refractivity contribution in [3.05, 3.63) is 83.6 Å². The van der Waals surface area contributed by atoms with Crippen LogP contribution in [0.5, 0.6) is 0 Å². The number of allylic oxidation sites excluding steroid dienone is 1. The second-order valence-corrected chi connectivity index (χ2v) is 5.75. The fourth-order valence-corrected chi connectivity index (χ4v) is 2.60. The lowest BCUT2D eigenvalue weighted by Crippen LogP contribution is -2.19. The number of ether oxygens (including phenoxy) is 1. The SMILES string of the molecule is C=C(/C(C(=O)OC)=C(/C)N(N=N)c1ccc(C(F)(F)F)cc1)c1ccccc1. The van der Waals surface area contributed by atoms with Crippen molar-refractivity contribution in [1.29, 1.82) is 5.53 Å². The van der Waals surface area contributed by atoms with Crippen molar-refractivity contribution in [3.63, 3.8) is 0 Å². The van der Waals surface area contributed by atoms with E-state index < -0.39 is 17.7 Å². The molecule has 146 valence electrons. The van der Waals surface area contributed by atoms with Gasteiger partial charge in [0.1, 0.15) is 0 Å². The van der Waals surface area contributed by atoms with E-state index in [0.717, 1.165) is 17.1 Å². The zero-order valence-electron chi connectivity index (χ0n) is 15.2. The minimum atomic E-state index is -4.48. The quantitative estimate of drug-likeness (QED) is 0.229. The van der Waals surface area contributed by atoms with Gasteiger partial charge in [0, 0.05) is 0 Å². The number of carbonyl (C=O) groups excluding carboxylic acids is 1. The van der Waals surface area contributed by atoms with Gasteiger partial charge in [0.2, 0.25) is 0 Å². The van der Waals surface area contributed by atoms with Crippen molar-refractivity contribution in [3.8, 4) is 0 Å². The van der Waals surface area contributed by atoms with Gasteiger partial charge in [0.05, 0.1) is 29.6 Å². The molecule has 0 aliphatic carbocycles. The Morgan fingerprint density at radius 1 is 1.11 bits per heavy atom. The van der Waals surface area contributed by atoms with E-state index in [4.69, 9.17) is 10.3 Å². The van der Waals surface area contributed by atoms with Crippen LogP contribution in [0.15, 0.2) is 77.7 Å². The molecule has 0 saturated heterocycles. The van der Waals surface area contributed by atoms with Crippen LogP contribution in [0.4, 0.5) is 18.9 Å². The fraction of sp³-hybridized carbons (Fsp3) is 0.150. The van der Waals surface area contributed by atoms with E-state index in [1.54, 1.807) is 30.3 Å². The lowest BCUT2D eigenvalue weighted by molar-refractivity contribution is -0.137. The third-order valence-corrected chi connectivity index (χ3v) is 4.03. The summed E-state index contributed by atoms with van der Waals surface area (Å²) in [5, 5.41) is 4.40. The third kappa shape index (κ3) is 4.46. The van der Waals surface area contributed by atoms with Crippen LogP contribution in [0.1, 0.15) is 18.1 Å². The molecule has 2 aromatic rings. The van der Waals surface area contributed by atoms with E-state index in [9.17, 15) is 18.0 Å². The fourth-order valence-electron chi connectivity index (χ4n) is 2.60. The number of anilines is 1. The largest absolute Gasteiger partial charge is 0.465 e. The van der Waals surface area contributed by atoms with Crippen molar-refractivity contribution in [2.75, 3.05) is 12.1 Å². The summed E-state index contributed by atoms with van der Waals surface area (Å²) in [6.45, 7) is 5.45. The molecule has 0 fully saturated rings. The smallest absolute Gasteiger partial charge is 0.416 e. The van der Waals surface area contributed by atoms with Crippen LogP contribution in [-0.2, 0) is 15.7 Å². The van der Waals surface area contributed by atoms with Crippen LogP contribution in [-0.4, -0.2) is 13.1 Å². The number of rotatable bonds is 6. The molecule has 0 atom stereocenters. The van der Waals surface area contributed by atoms with Gasteiger partial charge in [0.15, 0.2) is 0 Å². The van der Waals surface area contributed by atoms with Gasteiger partial charge in [-0.2, -0.15) is 18.7 Å². The topological polar surface area (TPSA) is 65.8 Å². The summed E-state index contributed by atoms with van der Waals surface area (Å²) in [5.74, 6) is -0.702. The van der Waals surface area contributed by atoms with Crippen molar-refractivity contribution >= 4 is 17.2 Å². The van der Waals surface area contributed by atoms with Crippen molar-refractivity contribution < 1.29 is 22.7 Å². The Labute approximate surface area is 160 Å². The van der Waals surface area contributed by atoms with Crippen molar-refractivity contribution in [2.24, 2.45) is 5.22 Å². The predicted octanol–water partition coefficient (Wildman–Crippen LogP) is 5.62. The molecule has 0 aromatic heterocycles. The molecule has 0 saturated carbocycles. The Bertz CT molecular complexity index is 905. The zero-order valence-corrected chi connectivity index (χ0v) is 15.2. The summed E-state index contributed by atoms with van der Waals surface area (Å²) in [5.41, 5.74) is 8.05. The normalized spacial score (nSPS) is 12.0. The van der Waals surface area contributed by atoms with E-state index in [1.807, 2.05) is 0 Å². The molecule has 0 aliphatic heterocycles. The van der Waals surface area contributed by atoms with E-state index in [2.05, 4.69) is 11.8 Å². The standard InChI is InChI=1S/C20H18F3N3O2/c1-13(15-7-5-4-6-8-15)18(19(27)28-3)14(2)26(25-24)17-11-9-16(10-12-17)20(21,22)23/h4-12,24H,1H2,2-3H3/b18-14+,25-24?. The summed E-state index contributed by atoms with van der Waals surface area (Å²) in [6.07, 6.45) is -4.48. The first-order valence-corrected chi connectivity index (χ1v) is 8.09. The molecule has 0 bridgehead atoms. The van der Waals surface area contributed by atoms with Gasteiger partial charge < -0.3 is 4.74 Å². The highest BCUT2D eigenvalue weighted by molar-refractivity contribution is 6.06. The summed E-state index contributed by atoms with van der Waals surface area (Å²) < 4.78 is 43.2. The number of carbonyl (C=O) groups is 1. The van der Waals surface area contributed by atoms with Gasteiger partial charge in [-0.25, -0.2) is 9.80 Å². The highest BCUT2D eigenvalue weighted by atomic mass is 19.4. The second kappa shape index (κ2) is 8.51. The van der Waals surface area contributed by atoms with Gasteiger partial charge in [0.25, 0.3) is 0 Å². The molecule has 5 nitrogen and oxygen atoms in total. The predicted molar refractivity (Wildman–Crippen MR) is 99.3 cm³/mol. The average Bonchev–Trinajstić information content (AvgIpc) is 2.69. The number of hydrogen-bond acceptors (Lipinski definition) is 4. The first kappa shape index (κ1) is 20.9. The number of alkyl halides is 3. The molecule has 1 N–H and O–H groups in total. The maximum atomic E-state index is 12.8. The molecule has 0 amide bonds. The van der Waals surface area contributed by atoms with Gasteiger partial charge in [-0.1, -0.05) is 42.1 Å². The van der Waals surface area contributed by atoms with Crippen molar-refractivity contribution in [2.45, 2.75) is 13.1 Å². The minimum Gasteiger partial charge on any atom is -0.465 e. The number of nitrogens with zero attached hydrogens (tertiary/aromatic N) is 2. The molecular weight excluding hydrogens is 371 g/mol. The minimum absolute atomic E-state index is 0.0598. The van der Waals surface area contributed by atoms with Crippen LogP contribution < -0.4 is 5.01 Å². The first-order chi connectivity index (χ1) is 13.2. The van der Waals surface area contributed by atoms with Gasteiger partial charge in [-0.3, -0.25) is 0 Å². The average molecular weight is 389 g/mol. The van der Waals surface area contributed by atoms with E-state index >= 15 is 0 Å². The number of benzene rings is 2. The van der Waals surface area contributed by atoms with E-state index in [-0.39, 0.29) is 17.0 Å². The van der Waals surface area contributed by atoms with Crippen molar-refractivity contribution in [1.82, 2.24) is 0 Å². The number of nitrogens with one attached hydrogen (secondary N) is 1. The molecule has 2 aromatic carbocycles. The number of hydrogen-bond donors (Lipinski definition) is 1. The third-order valence-electron chi connectivity index (χ3n) is 4.03. The van der Waals surface area contributed by atoms with Gasteiger partial charge >= 0.3 is 12.1 Å². The monoisotopic (exact) mass is 389 g/mol. The molecule has 28 heavy (non-hydrogen) atoms. The summed E-state index contributed by atoms with van der Waals surface area (Å²) >= 11 is 0. The van der Waals surface area contributed by atoms with E-state index in [1.165, 1.54) is 26.2 Å². The van der Waals surface area contributed by atoms with Crippen LogP contribution in [0.2, 0.25) is 0 Å². The Balaban J connectivity index is 2.53. The maximum Gasteiger partial charge on any atom is 0.416 e. The Morgan fingerprint density at radius 3 is 2.14 bits per heavy atom. The number of halogens is 3. The van der Waals surface area contributed by atoms with Gasteiger partial charge in [-0.05, 0) is 42.3 Å². The maximum absolute atomic E-state index is 12.8. The summed E-state index contributed by atoms with van der Waals surface area (Å²) in [6, 6.07) is 12.9. The summed E-state index contributed by atoms with van der Waals surface area (Å²) in [7, 11) is 1.20. The molecule has 0 radical (unpaired) electrons. The summed E-state index contributed by atoms with van der Waals surface area (Å²) in [4.78, 5) is 12.4. The molecule has 0 spiro atoms. The highest BCUT2D eigenvalue weighted by Gasteiger charge is 2.30. The van der Waals surface area contributed by atoms with Gasteiger partial charge in [-0.15, -0.1) is 0 Å². The lowest BCUT2D eigenvalue weighted by atomic mass is 9.97. The first-order valence-electron chi connectivity index (χ1n) is 8.09. The van der Waals surface area contributed by atoms with E-state index in [0.29, 0.717) is 11.1 Å². The molecule has 2 rings (SSSR count). The molecule has 8 heteroatoms. The van der Waals surface area contributed by atoms with Crippen LogP contribution in [0, 0.1) is 5.53 Å². The van der Waals surface area contributed by atoms with Crippen LogP contribution in [0.25, 0.3) is 5.57 Å². The van der Waals surface area contributed by atoms with Crippen LogP contribution >= 0.6 is 0 Å². The molecule has 0 unspecified atom stereocenters. The van der Waals surface area contributed by atoms with Crippen LogP contribution in [0.3, 0.4) is 0 Å². The number of esters is 1. The Hall–Kier alpha value is -3.42.